The summed E-state index contributed by atoms with van der Waals surface area (Å²) in [6.45, 7) is 3.22. The first kappa shape index (κ1) is 7.91. The topological polar surface area (TPSA) is 46.5 Å². The molecule has 2 rings (SSSR count). The van der Waals surface area contributed by atoms with Crippen molar-refractivity contribution in [3.05, 3.63) is 4.77 Å². The van der Waals surface area contributed by atoms with Crippen LogP contribution in [-0.4, -0.2) is 20.2 Å². The van der Waals surface area contributed by atoms with Crippen LogP contribution in [0.2, 0.25) is 0 Å². The molecule has 0 unspecified atom stereocenters. The van der Waals surface area contributed by atoms with E-state index in [1.807, 2.05) is 4.68 Å². The zero-order valence-corrected chi connectivity index (χ0v) is 7.89. The van der Waals surface area contributed by atoms with Gasteiger partial charge in [0.2, 0.25) is 4.77 Å². The van der Waals surface area contributed by atoms with E-state index in [4.69, 9.17) is 12.2 Å². The van der Waals surface area contributed by atoms with Gasteiger partial charge in [0, 0.05) is 6.54 Å². The molecule has 66 valence electrons. The Morgan fingerprint density at radius 1 is 1.67 bits per heavy atom. The number of hydrogen-bond donors (Lipinski definition) is 1. The normalized spacial score (nSPS) is 19.4. The first-order chi connectivity index (χ1) is 5.70. The quantitative estimate of drug-likeness (QED) is 0.724. The van der Waals surface area contributed by atoms with Gasteiger partial charge < -0.3 is 0 Å². The zero-order valence-electron chi connectivity index (χ0n) is 7.08. The van der Waals surface area contributed by atoms with E-state index in [1.54, 1.807) is 0 Å². The van der Waals surface area contributed by atoms with Gasteiger partial charge in [-0.1, -0.05) is 17.2 Å². The molecule has 0 atom stereocenters. The third-order valence-electron chi connectivity index (χ3n) is 2.57. The molecule has 1 aliphatic rings. The first-order valence-corrected chi connectivity index (χ1v) is 4.58. The molecule has 0 saturated heterocycles. The summed E-state index contributed by atoms with van der Waals surface area (Å²) in [4.78, 5) is 0. The van der Waals surface area contributed by atoms with Crippen molar-refractivity contribution < 1.29 is 0 Å². The Hall–Kier alpha value is -0.710. The molecule has 0 amide bonds. The number of aryl methyl sites for hydroxylation is 1. The minimum absolute atomic E-state index is 0.555. The Morgan fingerprint density at radius 3 is 2.92 bits per heavy atom. The number of aromatic amines is 1. The van der Waals surface area contributed by atoms with Crippen molar-refractivity contribution in [2.45, 2.75) is 32.7 Å². The standard InChI is InChI=1S/C7H12N4S/c1-7(2-3-7)4-5-11-6(12)8-9-10-11/h2-5H2,1H3,(H,8,10,12). The molecule has 0 aromatic carbocycles. The van der Waals surface area contributed by atoms with Gasteiger partial charge in [-0.15, -0.1) is 0 Å². The summed E-state index contributed by atoms with van der Waals surface area (Å²) in [5, 5.41) is 10.1. The highest BCUT2D eigenvalue weighted by Gasteiger charge is 2.36. The summed E-state index contributed by atoms with van der Waals surface area (Å²) in [5.41, 5.74) is 0.569. The molecule has 1 N–H and O–H groups in total. The highest BCUT2D eigenvalue weighted by atomic mass is 32.1. The van der Waals surface area contributed by atoms with E-state index in [-0.39, 0.29) is 0 Å². The number of rotatable bonds is 3. The van der Waals surface area contributed by atoms with Crippen molar-refractivity contribution in [3.8, 4) is 0 Å². The summed E-state index contributed by atoms with van der Waals surface area (Å²) in [6, 6.07) is 0. The molecule has 1 fully saturated rings. The third-order valence-corrected chi connectivity index (χ3v) is 2.88. The van der Waals surface area contributed by atoms with Gasteiger partial charge in [-0.2, -0.15) is 5.21 Å². The SMILES string of the molecule is CC1(CCn2[nH]nnc2=S)CC1. The Kier molecular flexibility index (Phi) is 1.75. The second-order valence-corrected chi connectivity index (χ2v) is 4.16. The summed E-state index contributed by atoms with van der Waals surface area (Å²) >= 11 is 4.95. The summed E-state index contributed by atoms with van der Waals surface area (Å²) in [6.07, 6.45) is 3.87. The van der Waals surface area contributed by atoms with E-state index in [0.717, 1.165) is 6.54 Å². The fourth-order valence-corrected chi connectivity index (χ4v) is 1.38. The van der Waals surface area contributed by atoms with E-state index in [1.165, 1.54) is 19.3 Å². The third kappa shape index (κ3) is 1.55. The number of tetrazole rings is 1. The van der Waals surface area contributed by atoms with Crippen molar-refractivity contribution >= 4 is 12.2 Å². The van der Waals surface area contributed by atoms with Gasteiger partial charge in [-0.25, -0.2) is 4.68 Å². The van der Waals surface area contributed by atoms with Crippen LogP contribution < -0.4 is 0 Å². The summed E-state index contributed by atoms with van der Waals surface area (Å²) < 4.78 is 2.37. The lowest BCUT2D eigenvalue weighted by Gasteiger charge is -2.06. The lowest BCUT2D eigenvalue weighted by Crippen LogP contribution is -2.05. The molecule has 12 heavy (non-hydrogen) atoms. The van der Waals surface area contributed by atoms with Gasteiger partial charge in [0.15, 0.2) is 0 Å². The molecule has 1 saturated carbocycles. The summed E-state index contributed by atoms with van der Waals surface area (Å²) in [5.74, 6) is 0. The van der Waals surface area contributed by atoms with E-state index in [0.29, 0.717) is 10.2 Å². The fraction of sp³-hybridized carbons (Fsp3) is 0.857. The van der Waals surface area contributed by atoms with Gasteiger partial charge in [-0.05, 0) is 36.9 Å². The van der Waals surface area contributed by atoms with Gasteiger partial charge in [0.1, 0.15) is 0 Å². The minimum atomic E-state index is 0.555. The maximum Gasteiger partial charge on any atom is 0.238 e. The van der Waals surface area contributed by atoms with E-state index in [2.05, 4.69) is 22.4 Å². The number of H-pyrrole nitrogens is 1. The molecule has 0 spiro atoms. The van der Waals surface area contributed by atoms with E-state index in [9.17, 15) is 0 Å². The summed E-state index contributed by atoms with van der Waals surface area (Å²) in [7, 11) is 0. The largest absolute Gasteiger partial charge is 0.242 e. The van der Waals surface area contributed by atoms with Gasteiger partial charge in [-0.3, -0.25) is 0 Å². The monoisotopic (exact) mass is 184 g/mol. The average Bonchev–Trinajstić information content (AvgIpc) is 2.61. The second kappa shape index (κ2) is 2.65. The van der Waals surface area contributed by atoms with E-state index >= 15 is 0 Å². The molecule has 1 aromatic heterocycles. The molecule has 1 heterocycles. The predicted octanol–water partition coefficient (Wildman–Crippen LogP) is 1.53. The van der Waals surface area contributed by atoms with Gasteiger partial charge in [0.25, 0.3) is 0 Å². The van der Waals surface area contributed by atoms with Crippen molar-refractivity contribution in [2.75, 3.05) is 0 Å². The minimum Gasteiger partial charge on any atom is -0.242 e. The molecule has 1 aliphatic carbocycles. The molecule has 1 aromatic rings. The molecule has 0 radical (unpaired) electrons. The van der Waals surface area contributed by atoms with Crippen LogP contribution in [0.1, 0.15) is 26.2 Å². The Balaban J connectivity index is 1.96. The van der Waals surface area contributed by atoms with Crippen molar-refractivity contribution in [3.63, 3.8) is 0 Å². The molecular weight excluding hydrogens is 172 g/mol. The zero-order chi connectivity index (χ0) is 8.60. The maximum atomic E-state index is 4.95. The Morgan fingerprint density at radius 2 is 2.42 bits per heavy atom. The average molecular weight is 184 g/mol. The van der Waals surface area contributed by atoms with Crippen LogP contribution in [0.15, 0.2) is 0 Å². The van der Waals surface area contributed by atoms with E-state index < -0.39 is 0 Å². The Bertz CT molecular complexity index is 322. The van der Waals surface area contributed by atoms with Crippen LogP contribution >= 0.6 is 12.2 Å². The number of hydrogen-bond acceptors (Lipinski definition) is 3. The Labute approximate surface area is 76.0 Å². The lowest BCUT2D eigenvalue weighted by molar-refractivity contribution is 0.435. The number of aromatic nitrogens is 4. The molecule has 0 aliphatic heterocycles. The second-order valence-electron chi connectivity index (χ2n) is 3.79. The van der Waals surface area contributed by atoms with Crippen LogP contribution in [0, 0.1) is 10.2 Å². The van der Waals surface area contributed by atoms with Crippen LogP contribution in [-0.2, 0) is 6.54 Å². The highest BCUT2D eigenvalue weighted by Crippen LogP contribution is 2.48. The van der Waals surface area contributed by atoms with Gasteiger partial charge in [0.05, 0.1) is 0 Å². The first-order valence-electron chi connectivity index (χ1n) is 4.18. The van der Waals surface area contributed by atoms with Crippen molar-refractivity contribution in [2.24, 2.45) is 5.41 Å². The smallest absolute Gasteiger partial charge is 0.238 e. The molecule has 4 nitrogen and oxygen atoms in total. The molecular formula is C7H12N4S. The fourth-order valence-electron chi connectivity index (χ4n) is 1.21. The van der Waals surface area contributed by atoms with Crippen molar-refractivity contribution in [1.82, 2.24) is 20.2 Å². The van der Waals surface area contributed by atoms with Crippen LogP contribution in [0.5, 0.6) is 0 Å². The number of nitrogens with one attached hydrogen (secondary N) is 1. The van der Waals surface area contributed by atoms with Crippen molar-refractivity contribution in [1.29, 1.82) is 0 Å². The van der Waals surface area contributed by atoms with Crippen LogP contribution in [0.25, 0.3) is 0 Å². The lowest BCUT2D eigenvalue weighted by atomic mass is 10.1. The van der Waals surface area contributed by atoms with Gasteiger partial charge >= 0.3 is 0 Å². The molecule has 5 heteroatoms. The number of nitrogens with zero attached hydrogens (tertiary/aromatic N) is 3. The predicted molar refractivity (Wildman–Crippen MR) is 47.2 cm³/mol. The van der Waals surface area contributed by atoms with Crippen LogP contribution in [0.3, 0.4) is 0 Å². The van der Waals surface area contributed by atoms with Crippen LogP contribution in [0.4, 0.5) is 0 Å². The molecule has 0 bridgehead atoms. The highest BCUT2D eigenvalue weighted by molar-refractivity contribution is 7.71. The maximum absolute atomic E-state index is 4.95.